The van der Waals surface area contributed by atoms with Gasteiger partial charge in [0.15, 0.2) is 5.65 Å². The molecule has 0 bridgehead atoms. The number of aromatic amines is 1. The number of amides is 1. The third kappa shape index (κ3) is 3.70. The standard InChI is InChI=1S/C19H28N6O2/c1-19(2,3)25-15-14(10-21-25)17(27)23-18(22-15)24-8-4-5-13(11-24)16(26)20-9-12-6-7-12/h10,12-13H,4-9,11H2,1-3H3,(H,20,26)(H,22,23,27). The summed E-state index contributed by atoms with van der Waals surface area (Å²) in [4.78, 5) is 34.6. The molecular formula is C19H28N6O2. The molecule has 1 amide bonds. The molecule has 3 heterocycles. The summed E-state index contributed by atoms with van der Waals surface area (Å²) in [5.74, 6) is 1.26. The molecule has 146 valence electrons. The number of piperidine rings is 1. The van der Waals surface area contributed by atoms with E-state index in [1.54, 1.807) is 10.9 Å². The number of H-pyrrole nitrogens is 1. The van der Waals surface area contributed by atoms with Crippen LogP contribution >= 0.6 is 0 Å². The van der Waals surface area contributed by atoms with E-state index < -0.39 is 0 Å². The van der Waals surface area contributed by atoms with Gasteiger partial charge in [-0.15, -0.1) is 0 Å². The molecule has 8 nitrogen and oxygen atoms in total. The number of hydrogen-bond acceptors (Lipinski definition) is 5. The molecule has 1 saturated heterocycles. The van der Waals surface area contributed by atoms with E-state index in [4.69, 9.17) is 4.98 Å². The molecule has 1 aliphatic heterocycles. The predicted molar refractivity (Wildman–Crippen MR) is 104 cm³/mol. The van der Waals surface area contributed by atoms with Crippen LogP contribution in [-0.2, 0) is 10.3 Å². The second-order valence-electron chi connectivity index (χ2n) is 8.83. The number of carbonyl (C=O) groups excluding carboxylic acids is 1. The number of nitrogens with zero attached hydrogens (tertiary/aromatic N) is 4. The minimum absolute atomic E-state index is 0.0639. The van der Waals surface area contributed by atoms with Gasteiger partial charge in [0.25, 0.3) is 5.56 Å². The number of nitrogens with one attached hydrogen (secondary N) is 2. The number of anilines is 1. The van der Waals surface area contributed by atoms with E-state index in [1.165, 1.54) is 12.8 Å². The van der Waals surface area contributed by atoms with E-state index >= 15 is 0 Å². The number of carbonyl (C=O) groups is 1. The summed E-state index contributed by atoms with van der Waals surface area (Å²) in [6.45, 7) is 8.25. The van der Waals surface area contributed by atoms with Crippen molar-refractivity contribution in [2.24, 2.45) is 11.8 Å². The van der Waals surface area contributed by atoms with Gasteiger partial charge in [-0.05, 0) is 52.4 Å². The van der Waals surface area contributed by atoms with Gasteiger partial charge in [-0.3, -0.25) is 14.6 Å². The van der Waals surface area contributed by atoms with Gasteiger partial charge < -0.3 is 10.2 Å². The van der Waals surface area contributed by atoms with E-state index in [9.17, 15) is 9.59 Å². The van der Waals surface area contributed by atoms with E-state index in [1.807, 2.05) is 25.7 Å². The van der Waals surface area contributed by atoms with Crippen LogP contribution in [0.3, 0.4) is 0 Å². The van der Waals surface area contributed by atoms with Crippen molar-refractivity contribution in [1.82, 2.24) is 25.1 Å². The lowest BCUT2D eigenvalue weighted by atomic mass is 9.97. The van der Waals surface area contributed by atoms with Crippen LogP contribution in [0.15, 0.2) is 11.0 Å². The Balaban J connectivity index is 1.57. The van der Waals surface area contributed by atoms with Crippen molar-refractivity contribution in [2.45, 2.75) is 52.0 Å². The summed E-state index contributed by atoms with van der Waals surface area (Å²) >= 11 is 0. The SMILES string of the molecule is CC(C)(C)n1ncc2c(=O)[nH]c(N3CCCC(C(=O)NCC4CC4)C3)nc21. The van der Waals surface area contributed by atoms with E-state index in [2.05, 4.69) is 15.4 Å². The molecule has 0 aromatic carbocycles. The molecule has 1 atom stereocenters. The minimum Gasteiger partial charge on any atom is -0.356 e. The van der Waals surface area contributed by atoms with Crippen LogP contribution in [0.5, 0.6) is 0 Å². The lowest BCUT2D eigenvalue weighted by Crippen LogP contribution is -2.44. The van der Waals surface area contributed by atoms with Crippen LogP contribution in [-0.4, -0.2) is 45.3 Å². The molecular weight excluding hydrogens is 344 g/mol. The number of aromatic nitrogens is 4. The van der Waals surface area contributed by atoms with E-state index in [-0.39, 0.29) is 22.9 Å². The van der Waals surface area contributed by atoms with Crippen LogP contribution in [0.1, 0.15) is 46.5 Å². The largest absolute Gasteiger partial charge is 0.356 e. The highest BCUT2D eigenvalue weighted by Gasteiger charge is 2.29. The molecule has 2 aromatic heterocycles. The van der Waals surface area contributed by atoms with Crippen molar-refractivity contribution in [1.29, 1.82) is 0 Å². The van der Waals surface area contributed by atoms with Crippen molar-refractivity contribution >= 4 is 22.9 Å². The Morgan fingerprint density at radius 3 is 2.81 bits per heavy atom. The maximum Gasteiger partial charge on any atom is 0.263 e. The first-order chi connectivity index (χ1) is 12.8. The smallest absolute Gasteiger partial charge is 0.263 e. The first-order valence-corrected chi connectivity index (χ1v) is 9.84. The Morgan fingerprint density at radius 2 is 2.11 bits per heavy atom. The first-order valence-electron chi connectivity index (χ1n) is 9.84. The quantitative estimate of drug-likeness (QED) is 0.850. The number of hydrogen-bond donors (Lipinski definition) is 2. The fraction of sp³-hybridized carbons (Fsp3) is 0.684. The molecule has 2 N–H and O–H groups in total. The Hall–Kier alpha value is -2.38. The van der Waals surface area contributed by atoms with Gasteiger partial charge in [0.05, 0.1) is 17.7 Å². The van der Waals surface area contributed by atoms with Crippen LogP contribution < -0.4 is 15.8 Å². The Bertz CT molecular complexity index is 905. The van der Waals surface area contributed by atoms with Crippen LogP contribution in [0.2, 0.25) is 0 Å². The van der Waals surface area contributed by atoms with Crippen LogP contribution in [0.4, 0.5) is 5.95 Å². The van der Waals surface area contributed by atoms with Gasteiger partial charge in [-0.2, -0.15) is 10.1 Å². The zero-order valence-corrected chi connectivity index (χ0v) is 16.3. The monoisotopic (exact) mass is 372 g/mol. The average molecular weight is 372 g/mol. The Morgan fingerprint density at radius 1 is 1.33 bits per heavy atom. The molecule has 1 aliphatic carbocycles. The highest BCUT2D eigenvalue weighted by molar-refractivity contribution is 5.79. The van der Waals surface area contributed by atoms with E-state index in [0.29, 0.717) is 29.4 Å². The van der Waals surface area contributed by atoms with Crippen molar-refractivity contribution in [2.75, 3.05) is 24.5 Å². The van der Waals surface area contributed by atoms with Crippen molar-refractivity contribution in [3.05, 3.63) is 16.6 Å². The van der Waals surface area contributed by atoms with Gasteiger partial charge in [0, 0.05) is 19.6 Å². The number of fused-ring (bicyclic) bond motifs is 1. The molecule has 2 fully saturated rings. The highest BCUT2D eigenvalue weighted by Crippen LogP contribution is 2.28. The zero-order chi connectivity index (χ0) is 19.2. The topological polar surface area (TPSA) is 95.9 Å². The average Bonchev–Trinajstić information content (AvgIpc) is 3.35. The normalized spacial score (nSPS) is 20.9. The lowest BCUT2D eigenvalue weighted by molar-refractivity contribution is -0.125. The fourth-order valence-corrected chi connectivity index (χ4v) is 3.64. The number of rotatable bonds is 4. The van der Waals surface area contributed by atoms with Crippen molar-refractivity contribution in [3.63, 3.8) is 0 Å². The minimum atomic E-state index is -0.271. The maximum absolute atomic E-state index is 12.5. The molecule has 1 unspecified atom stereocenters. The zero-order valence-electron chi connectivity index (χ0n) is 16.3. The third-order valence-electron chi connectivity index (χ3n) is 5.41. The Labute approximate surface area is 158 Å². The van der Waals surface area contributed by atoms with Gasteiger partial charge in [-0.1, -0.05) is 0 Å². The second kappa shape index (κ2) is 6.65. The van der Waals surface area contributed by atoms with Gasteiger partial charge >= 0.3 is 0 Å². The summed E-state index contributed by atoms with van der Waals surface area (Å²) in [7, 11) is 0. The van der Waals surface area contributed by atoms with Crippen molar-refractivity contribution in [3.8, 4) is 0 Å². The lowest BCUT2D eigenvalue weighted by Gasteiger charge is -2.32. The second-order valence-corrected chi connectivity index (χ2v) is 8.83. The van der Waals surface area contributed by atoms with Gasteiger partial charge in [-0.25, -0.2) is 4.68 Å². The molecule has 8 heteroatoms. The summed E-state index contributed by atoms with van der Waals surface area (Å²) in [6.07, 6.45) is 5.80. The summed E-state index contributed by atoms with van der Waals surface area (Å²) in [6, 6.07) is 0. The van der Waals surface area contributed by atoms with E-state index in [0.717, 1.165) is 25.9 Å². The van der Waals surface area contributed by atoms with Gasteiger partial charge in [0.2, 0.25) is 11.9 Å². The molecule has 1 saturated carbocycles. The molecule has 0 radical (unpaired) electrons. The maximum atomic E-state index is 12.5. The van der Waals surface area contributed by atoms with Crippen LogP contribution in [0.25, 0.3) is 11.0 Å². The van der Waals surface area contributed by atoms with Crippen LogP contribution in [0, 0.1) is 11.8 Å². The molecule has 0 spiro atoms. The first kappa shape index (κ1) is 18.0. The summed E-state index contributed by atoms with van der Waals surface area (Å²) in [5.41, 5.74) is 0.125. The van der Waals surface area contributed by atoms with Gasteiger partial charge in [0.1, 0.15) is 5.39 Å². The predicted octanol–water partition coefficient (Wildman–Crippen LogP) is 1.62. The fourth-order valence-electron chi connectivity index (χ4n) is 3.64. The molecule has 2 aliphatic rings. The molecule has 2 aromatic rings. The molecule has 27 heavy (non-hydrogen) atoms. The third-order valence-corrected chi connectivity index (χ3v) is 5.41. The molecule has 4 rings (SSSR count). The summed E-state index contributed by atoms with van der Waals surface area (Å²) in [5, 5.41) is 7.93. The van der Waals surface area contributed by atoms with Crippen molar-refractivity contribution < 1.29 is 4.79 Å². The summed E-state index contributed by atoms with van der Waals surface area (Å²) < 4.78 is 1.78. The highest BCUT2D eigenvalue weighted by atomic mass is 16.2. The Kier molecular flexibility index (Phi) is 4.44.